The highest BCUT2D eigenvalue weighted by molar-refractivity contribution is 4.98. The van der Waals surface area contributed by atoms with Crippen LogP contribution in [0.3, 0.4) is 0 Å². The van der Waals surface area contributed by atoms with Gasteiger partial charge < -0.3 is 10.2 Å². The Bertz CT molecular complexity index is 149. The van der Waals surface area contributed by atoms with E-state index in [0.29, 0.717) is 12.5 Å². The van der Waals surface area contributed by atoms with Crippen LogP contribution in [-0.4, -0.2) is 28.1 Å². The fourth-order valence-corrected chi connectivity index (χ4v) is 1.97. The number of fused-ring (bicyclic) bond motifs is 2. The summed E-state index contributed by atoms with van der Waals surface area (Å²) in [7, 11) is 0. The largest absolute Gasteiger partial charge is 0.389 e. The van der Waals surface area contributed by atoms with Gasteiger partial charge in [0.2, 0.25) is 0 Å². The molecule has 0 aromatic rings. The zero-order valence-electron chi connectivity index (χ0n) is 5.88. The highest BCUT2D eigenvalue weighted by Crippen LogP contribution is 2.33. The van der Waals surface area contributed by atoms with Crippen LogP contribution < -0.4 is 5.32 Å². The van der Waals surface area contributed by atoms with Gasteiger partial charge in [-0.05, 0) is 25.7 Å². The van der Waals surface area contributed by atoms with E-state index in [-0.39, 0.29) is 0 Å². The minimum Gasteiger partial charge on any atom is -0.389 e. The van der Waals surface area contributed by atoms with E-state index in [0.717, 1.165) is 19.3 Å². The number of aliphatic hydroxyl groups excluding tert-OH is 1. The number of aliphatic hydroxyl groups is 2. The van der Waals surface area contributed by atoms with Crippen LogP contribution in [0.5, 0.6) is 0 Å². The van der Waals surface area contributed by atoms with Crippen molar-refractivity contribution in [3.63, 3.8) is 0 Å². The maximum absolute atomic E-state index is 9.63. The van der Waals surface area contributed by atoms with Crippen LogP contribution in [0.15, 0.2) is 0 Å². The van der Waals surface area contributed by atoms with Crippen molar-refractivity contribution in [2.45, 2.75) is 43.6 Å². The van der Waals surface area contributed by atoms with E-state index in [1.807, 2.05) is 0 Å². The van der Waals surface area contributed by atoms with Crippen LogP contribution in [0.2, 0.25) is 0 Å². The molecule has 3 heteroatoms. The van der Waals surface area contributed by atoms with Gasteiger partial charge >= 0.3 is 0 Å². The van der Waals surface area contributed by atoms with Gasteiger partial charge in [0.25, 0.3) is 0 Å². The molecule has 2 fully saturated rings. The molecule has 2 aliphatic rings. The van der Waals surface area contributed by atoms with Gasteiger partial charge in [0.05, 0.1) is 6.10 Å². The molecule has 2 rings (SSSR count). The number of rotatable bonds is 0. The van der Waals surface area contributed by atoms with Crippen LogP contribution >= 0.6 is 0 Å². The lowest BCUT2D eigenvalue weighted by Gasteiger charge is -2.34. The topological polar surface area (TPSA) is 52.5 Å². The van der Waals surface area contributed by atoms with Crippen LogP contribution in [0.1, 0.15) is 25.7 Å². The number of hydrogen-bond donors (Lipinski definition) is 3. The second-order valence-electron chi connectivity index (χ2n) is 3.40. The molecule has 10 heavy (non-hydrogen) atoms. The average molecular weight is 143 g/mol. The molecule has 0 spiro atoms. The molecule has 3 nitrogen and oxygen atoms in total. The Labute approximate surface area is 60.1 Å². The van der Waals surface area contributed by atoms with Gasteiger partial charge in [0, 0.05) is 6.04 Å². The summed E-state index contributed by atoms with van der Waals surface area (Å²) in [4.78, 5) is 0. The van der Waals surface area contributed by atoms with Gasteiger partial charge in [-0.1, -0.05) is 0 Å². The molecule has 0 aromatic carbocycles. The molecule has 3 atom stereocenters. The van der Waals surface area contributed by atoms with Crippen molar-refractivity contribution >= 4 is 0 Å². The zero-order valence-corrected chi connectivity index (χ0v) is 5.88. The number of nitrogens with one attached hydrogen (secondary N) is 1. The van der Waals surface area contributed by atoms with Crippen LogP contribution in [0.25, 0.3) is 0 Å². The number of hydrogen-bond acceptors (Lipinski definition) is 3. The minimum atomic E-state index is -0.942. The van der Waals surface area contributed by atoms with Crippen LogP contribution in [0, 0.1) is 0 Å². The third-order valence-electron chi connectivity index (χ3n) is 2.67. The summed E-state index contributed by atoms with van der Waals surface area (Å²) < 4.78 is 0. The third kappa shape index (κ3) is 0.779. The maximum Gasteiger partial charge on any atom is 0.142 e. The van der Waals surface area contributed by atoms with E-state index in [2.05, 4.69) is 5.32 Å². The molecule has 2 aliphatic heterocycles. The van der Waals surface area contributed by atoms with E-state index in [9.17, 15) is 10.2 Å². The van der Waals surface area contributed by atoms with Crippen molar-refractivity contribution in [1.82, 2.24) is 5.32 Å². The highest BCUT2D eigenvalue weighted by Gasteiger charge is 2.45. The van der Waals surface area contributed by atoms with Gasteiger partial charge in [0.1, 0.15) is 5.72 Å². The molecule has 3 unspecified atom stereocenters. The molecule has 0 aromatic heterocycles. The van der Waals surface area contributed by atoms with Gasteiger partial charge in [0.15, 0.2) is 0 Å². The average Bonchev–Trinajstić information content (AvgIpc) is 2.22. The predicted octanol–water partition coefficient (Wildman–Crippen LogP) is -0.418. The Balaban J connectivity index is 2.17. The second kappa shape index (κ2) is 1.94. The van der Waals surface area contributed by atoms with Crippen LogP contribution in [-0.2, 0) is 0 Å². The second-order valence-corrected chi connectivity index (χ2v) is 3.40. The lowest BCUT2D eigenvalue weighted by molar-refractivity contribution is -0.104. The van der Waals surface area contributed by atoms with E-state index in [1.54, 1.807) is 0 Å². The quantitative estimate of drug-likeness (QED) is 0.432. The monoisotopic (exact) mass is 143 g/mol. The molecule has 0 saturated carbocycles. The molecule has 0 amide bonds. The summed E-state index contributed by atoms with van der Waals surface area (Å²) in [5.41, 5.74) is -0.942. The first-order chi connectivity index (χ1) is 4.71. The summed E-state index contributed by atoms with van der Waals surface area (Å²) in [6.07, 6.45) is 2.91. The van der Waals surface area contributed by atoms with Crippen LogP contribution in [0.4, 0.5) is 0 Å². The summed E-state index contributed by atoms with van der Waals surface area (Å²) in [5, 5.41) is 22.0. The van der Waals surface area contributed by atoms with Crippen molar-refractivity contribution < 1.29 is 10.2 Å². The summed E-state index contributed by atoms with van der Waals surface area (Å²) in [6, 6.07) is 0.452. The Morgan fingerprint density at radius 3 is 2.80 bits per heavy atom. The Morgan fingerprint density at radius 2 is 2.10 bits per heavy atom. The Hall–Kier alpha value is -0.120. The SMILES string of the molecule is OC1CCC2CCC1(O)N2. The van der Waals surface area contributed by atoms with Crippen molar-refractivity contribution in [3.05, 3.63) is 0 Å². The lowest BCUT2D eigenvalue weighted by atomic mass is 10.00. The van der Waals surface area contributed by atoms with Crippen molar-refractivity contribution in [1.29, 1.82) is 0 Å². The molecule has 2 saturated heterocycles. The van der Waals surface area contributed by atoms with Crippen molar-refractivity contribution in [2.24, 2.45) is 0 Å². The molecule has 2 heterocycles. The standard InChI is InChI=1S/C7H13NO2/c9-6-2-1-5-3-4-7(6,10)8-5/h5-6,8-10H,1-4H2. The van der Waals surface area contributed by atoms with E-state index in [4.69, 9.17) is 0 Å². The number of piperidine rings is 1. The van der Waals surface area contributed by atoms with Crippen molar-refractivity contribution in [2.75, 3.05) is 0 Å². The predicted molar refractivity (Wildman–Crippen MR) is 36.3 cm³/mol. The third-order valence-corrected chi connectivity index (χ3v) is 2.67. The van der Waals surface area contributed by atoms with E-state index >= 15 is 0 Å². The summed E-state index contributed by atoms with van der Waals surface area (Å²) in [5.74, 6) is 0. The lowest BCUT2D eigenvalue weighted by Crippen LogP contribution is -2.55. The van der Waals surface area contributed by atoms with Crippen molar-refractivity contribution in [3.8, 4) is 0 Å². The van der Waals surface area contributed by atoms with Gasteiger partial charge in [-0.15, -0.1) is 0 Å². The first-order valence-electron chi connectivity index (χ1n) is 3.89. The molecule has 2 bridgehead atoms. The normalized spacial score (nSPS) is 53.4. The fraction of sp³-hybridized carbons (Fsp3) is 1.00. The van der Waals surface area contributed by atoms with E-state index < -0.39 is 11.8 Å². The first kappa shape index (κ1) is 6.58. The molecule has 3 N–H and O–H groups in total. The molecule has 0 radical (unpaired) electrons. The maximum atomic E-state index is 9.63. The summed E-state index contributed by atoms with van der Waals surface area (Å²) >= 11 is 0. The Kier molecular flexibility index (Phi) is 1.27. The first-order valence-corrected chi connectivity index (χ1v) is 3.89. The molecule has 58 valence electrons. The smallest absolute Gasteiger partial charge is 0.142 e. The highest BCUT2D eigenvalue weighted by atomic mass is 16.4. The molecular weight excluding hydrogens is 130 g/mol. The fourth-order valence-electron chi connectivity index (χ4n) is 1.97. The van der Waals surface area contributed by atoms with E-state index in [1.165, 1.54) is 0 Å². The van der Waals surface area contributed by atoms with Gasteiger partial charge in [-0.25, -0.2) is 0 Å². The Morgan fingerprint density at radius 1 is 1.30 bits per heavy atom. The minimum absolute atomic E-state index is 0.452. The molecule has 0 aliphatic carbocycles. The molecular formula is C7H13NO2. The van der Waals surface area contributed by atoms with Gasteiger partial charge in [-0.2, -0.15) is 0 Å². The van der Waals surface area contributed by atoms with Gasteiger partial charge in [-0.3, -0.25) is 5.32 Å². The zero-order chi connectivity index (χ0) is 7.19. The summed E-state index contributed by atoms with van der Waals surface area (Å²) in [6.45, 7) is 0.